The Morgan fingerprint density at radius 3 is 2.66 bits per heavy atom. The number of nitrogens with zero attached hydrogens (tertiary/aromatic N) is 2. The van der Waals surface area contributed by atoms with Crippen LogP contribution in [0.1, 0.15) is 61.4 Å². The van der Waals surface area contributed by atoms with Crippen LogP contribution in [0.15, 0.2) is 36.8 Å². The van der Waals surface area contributed by atoms with Gasteiger partial charge >= 0.3 is 0 Å². The molecule has 5 rings (SSSR count). The van der Waals surface area contributed by atoms with E-state index in [4.69, 9.17) is 4.74 Å². The standard InChI is InChI=1S/C26H31N5O4/c1-16-4-6-17(7-5-16)22(31-23(32)18-3-2-10-27-14-18)24(33)30-21-13-20-19(15-28-21)26(25(34)29-20)8-11-35-12-9-26/h2-3,10,13-17,22H,4-9,11-12H2,1H3,(H,29,34)(H,31,32)(H,28,30,33)/t16?,17?,22-/m0/s1. The number of hydrogen-bond acceptors (Lipinski definition) is 6. The van der Waals surface area contributed by atoms with E-state index in [2.05, 4.69) is 32.8 Å². The fourth-order valence-electron chi connectivity index (χ4n) is 5.53. The highest BCUT2D eigenvalue weighted by molar-refractivity contribution is 6.07. The van der Waals surface area contributed by atoms with E-state index in [0.29, 0.717) is 49.0 Å². The Balaban J connectivity index is 1.35. The lowest BCUT2D eigenvalue weighted by Crippen LogP contribution is -2.49. The lowest BCUT2D eigenvalue weighted by molar-refractivity contribution is -0.124. The molecule has 1 saturated heterocycles. The third-order valence-corrected chi connectivity index (χ3v) is 7.72. The molecule has 2 aromatic heterocycles. The van der Waals surface area contributed by atoms with Gasteiger partial charge < -0.3 is 20.7 Å². The van der Waals surface area contributed by atoms with Gasteiger partial charge in [0.1, 0.15) is 11.9 Å². The van der Waals surface area contributed by atoms with Crippen molar-refractivity contribution < 1.29 is 19.1 Å². The predicted octanol–water partition coefficient (Wildman–Crippen LogP) is 3.04. The number of carbonyl (C=O) groups excluding carboxylic acids is 3. The minimum absolute atomic E-state index is 0.0338. The number of carbonyl (C=O) groups is 3. The van der Waals surface area contributed by atoms with Crippen molar-refractivity contribution in [1.29, 1.82) is 0 Å². The molecule has 9 heteroatoms. The van der Waals surface area contributed by atoms with Crippen molar-refractivity contribution in [3.05, 3.63) is 47.9 Å². The highest BCUT2D eigenvalue weighted by atomic mass is 16.5. The van der Waals surface area contributed by atoms with Crippen LogP contribution in [0.25, 0.3) is 0 Å². The van der Waals surface area contributed by atoms with Crippen molar-refractivity contribution in [2.45, 2.75) is 56.9 Å². The number of ether oxygens (including phenoxy) is 1. The molecule has 2 aliphatic heterocycles. The quantitative estimate of drug-likeness (QED) is 0.608. The van der Waals surface area contributed by atoms with Crippen LogP contribution in [-0.2, 0) is 19.7 Å². The number of anilines is 2. The maximum atomic E-state index is 13.4. The number of fused-ring (bicyclic) bond motifs is 2. The summed E-state index contributed by atoms with van der Waals surface area (Å²) in [5.74, 6) is 0.323. The maximum absolute atomic E-state index is 13.4. The summed E-state index contributed by atoms with van der Waals surface area (Å²) < 4.78 is 5.45. The van der Waals surface area contributed by atoms with Crippen LogP contribution in [0, 0.1) is 11.8 Å². The van der Waals surface area contributed by atoms with Gasteiger partial charge in [-0.1, -0.05) is 19.8 Å². The van der Waals surface area contributed by atoms with Crippen molar-refractivity contribution in [3.63, 3.8) is 0 Å². The lowest BCUT2D eigenvalue weighted by Gasteiger charge is -2.32. The summed E-state index contributed by atoms with van der Waals surface area (Å²) in [6.45, 7) is 3.28. The second-order valence-electron chi connectivity index (χ2n) is 9.97. The van der Waals surface area contributed by atoms with Crippen molar-refractivity contribution in [3.8, 4) is 0 Å². The zero-order valence-corrected chi connectivity index (χ0v) is 19.9. The van der Waals surface area contributed by atoms with Gasteiger partial charge in [-0.15, -0.1) is 0 Å². The molecule has 0 bridgehead atoms. The Bertz CT molecular complexity index is 1110. The molecule has 184 valence electrons. The summed E-state index contributed by atoms with van der Waals surface area (Å²) in [6, 6.07) is 4.39. The van der Waals surface area contributed by atoms with Gasteiger partial charge in [0.25, 0.3) is 5.91 Å². The van der Waals surface area contributed by atoms with E-state index in [1.165, 1.54) is 6.20 Å². The van der Waals surface area contributed by atoms with E-state index >= 15 is 0 Å². The number of amides is 3. The van der Waals surface area contributed by atoms with E-state index in [1.807, 2.05) is 0 Å². The smallest absolute Gasteiger partial charge is 0.253 e. The van der Waals surface area contributed by atoms with Gasteiger partial charge in [-0.2, -0.15) is 0 Å². The Morgan fingerprint density at radius 2 is 1.94 bits per heavy atom. The molecular weight excluding hydrogens is 446 g/mol. The topological polar surface area (TPSA) is 122 Å². The van der Waals surface area contributed by atoms with E-state index < -0.39 is 11.5 Å². The summed E-state index contributed by atoms with van der Waals surface area (Å²) in [5, 5.41) is 8.79. The minimum atomic E-state index is -0.693. The van der Waals surface area contributed by atoms with Crippen LogP contribution in [0.5, 0.6) is 0 Å². The molecule has 9 nitrogen and oxygen atoms in total. The molecule has 0 aromatic carbocycles. The van der Waals surface area contributed by atoms with E-state index in [9.17, 15) is 14.4 Å². The number of rotatable bonds is 5. The highest BCUT2D eigenvalue weighted by Crippen LogP contribution is 2.44. The van der Waals surface area contributed by atoms with Crippen LogP contribution in [0.4, 0.5) is 11.5 Å². The normalized spacial score (nSPS) is 23.7. The molecule has 1 saturated carbocycles. The predicted molar refractivity (Wildman–Crippen MR) is 130 cm³/mol. The van der Waals surface area contributed by atoms with Gasteiger partial charge in [-0.05, 0) is 49.7 Å². The molecule has 1 spiro atoms. The zero-order valence-electron chi connectivity index (χ0n) is 19.9. The average Bonchev–Trinajstić information content (AvgIpc) is 3.13. The van der Waals surface area contributed by atoms with Gasteiger partial charge in [-0.3, -0.25) is 19.4 Å². The minimum Gasteiger partial charge on any atom is -0.381 e. The van der Waals surface area contributed by atoms with Crippen LogP contribution >= 0.6 is 0 Å². The molecular formula is C26H31N5O4. The Kier molecular flexibility index (Phi) is 6.51. The number of aromatic nitrogens is 2. The zero-order chi connectivity index (χ0) is 24.4. The van der Waals surface area contributed by atoms with Crippen LogP contribution < -0.4 is 16.0 Å². The summed E-state index contributed by atoms with van der Waals surface area (Å²) in [6.07, 6.45) is 9.77. The van der Waals surface area contributed by atoms with Crippen molar-refractivity contribution in [2.75, 3.05) is 23.8 Å². The van der Waals surface area contributed by atoms with Crippen molar-refractivity contribution in [2.24, 2.45) is 11.8 Å². The summed E-state index contributed by atoms with van der Waals surface area (Å²) in [4.78, 5) is 47.6. The maximum Gasteiger partial charge on any atom is 0.253 e. The molecule has 0 radical (unpaired) electrons. The van der Waals surface area contributed by atoms with Gasteiger partial charge in [0.05, 0.1) is 16.7 Å². The van der Waals surface area contributed by atoms with Crippen LogP contribution in [0.3, 0.4) is 0 Å². The Labute approximate surface area is 204 Å². The number of nitrogens with one attached hydrogen (secondary N) is 3. The first-order valence-corrected chi connectivity index (χ1v) is 12.4. The molecule has 4 heterocycles. The third-order valence-electron chi connectivity index (χ3n) is 7.72. The van der Waals surface area contributed by atoms with Crippen LogP contribution in [0.2, 0.25) is 0 Å². The molecule has 3 N–H and O–H groups in total. The van der Waals surface area contributed by atoms with Crippen molar-refractivity contribution in [1.82, 2.24) is 15.3 Å². The fraction of sp³-hybridized carbons (Fsp3) is 0.500. The SMILES string of the molecule is CC1CCC([C@H](NC(=O)c2cccnc2)C(=O)Nc2cc3c(cn2)C2(CCOCC2)C(=O)N3)CC1. The first kappa shape index (κ1) is 23.4. The first-order valence-electron chi connectivity index (χ1n) is 12.4. The highest BCUT2D eigenvalue weighted by Gasteiger charge is 2.48. The van der Waals surface area contributed by atoms with E-state index in [1.54, 1.807) is 30.6 Å². The molecule has 3 aliphatic rings. The first-order chi connectivity index (χ1) is 17.0. The van der Waals surface area contributed by atoms with Crippen molar-refractivity contribution >= 4 is 29.2 Å². The molecule has 3 amide bonds. The fourth-order valence-corrected chi connectivity index (χ4v) is 5.53. The van der Waals surface area contributed by atoms with Crippen LogP contribution in [-0.4, -0.2) is 46.9 Å². The van der Waals surface area contributed by atoms with Gasteiger partial charge in [0, 0.05) is 43.4 Å². The average molecular weight is 478 g/mol. The van der Waals surface area contributed by atoms with Gasteiger partial charge in [-0.25, -0.2) is 4.98 Å². The molecule has 35 heavy (non-hydrogen) atoms. The molecule has 1 aliphatic carbocycles. The van der Waals surface area contributed by atoms with E-state index in [-0.39, 0.29) is 23.6 Å². The Hall–Kier alpha value is -3.33. The summed E-state index contributed by atoms with van der Waals surface area (Å²) in [5.41, 5.74) is 1.33. The second kappa shape index (κ2) is 9.73. The summed E-state index contributed by atoms with van der Waals surface area (Å²) in [7, 11) is 0. The largest absolute Gasteiger partial charge is 0.381 e. The molecule has 0 unspecified atom stereocenters. The monoisotopic (exact) mass is 477 g/mol. The third kappa shape index (κ3) is 4.65. The Morgan fingerprint density at radius 1 is 1.17 bits per heavy atom. The second-order valence-corrected chi connectivity index (χ2v) is 9.97. The molecule has 2 fully saturated rings. The van der Waals surface area contributed by atoms with Gasteiger partial charge in [0.15, 0.2) is 0 Å². The summed E-state index contributed by atoms with van der Waals surface area (Å²) >= 11 is 0. The lowest BCUT2D eigenvalue weighted by atomic mass is 9.76. The number of hydrogen-bond donors (Lipinski definition) is 3. The number of pyridine rings is 2. The van der Waals surface area contributed by atoms with Gasteiger partial charge in [0.2, 0.25) is 11.8 Å². The molecule has 1 atom stereocenters. The molecule has 2 aromatic rings. The van der Waals surface area contributed by atoms with E-state index in [0.717, 1.165) is 31.2 Å².